The minimum atomic E-state index is 0.109. The summed E-state index contributed by atoms with van der Waals surface area (Å²) in [6.07, 6.45) is 7.10. The highest BCUT2D eigenvalue weighted by Crippen LogP contribution is 2.31. The van der Waals surface area contributed by atoms with E-state index in [9.17, 15) is 0 Å². The van der Waals surface area contributed by atoms with Crippen LogP contribution in [0.25, 0.3) is 0 Å². The highest BCUT2D eigenvalue weighted by atomic mass is 32.1. The summed E-state index contributed by atoms with van der Waals surface area (Å²) in [6.45, 7) is 6.19. The fourth-order valence-electron chi connectivity index (χ4n) is 2.12. The number of thiol groups is 1. The average Bonchev–Trinajstić information content (AvgIpc) is 2.20. The number of rotatable bonds is 4. The largest absolute Gasteiger partial charge is 0.379 e. The predicted molar refractivity (Wildman–Crippen MR) is 64.4 cm³/mol. The zero-order valence-corrected chi connectivity index (χ0v) is 10.0. The molecule has 0 radical (unpaired) electrons. The molecule has 2 fully saturated rings. The Balaban J connectivity index is 1.71. The smallest absolute Gasteiger partial charge is 0.0605 e. The Morgan fingerprint density at radius 3 is 2.47 bits per heavy atom. The van der Waals surface area contributed by atoms with Gasteiger partial charge in [0, 0.05) is 5.25 Å². The van der Waals surface area contributed by atoms with Gasteiger partial charge in [-0.1, -0.05) is 6.08 Å². The summed E-state index contributed by atoms with van der Waals surface area (Å²) >= 11 is 4.48. The van der Waals surface area contributed by atoms with Crippen LogP contribution in [0.5, 0.6) is 0 Å². The third kappa shape index (κ3) is 2.77. The van der Waals surface area contributed by atoms with Crippen LogP contribution in [-0.2, 0) is 9.47 Å². The van der Waals surface area contributed by atoms with Crippen LogP contribution < -0.4 is 0 Å². The molecule has 3 heteroatoms. The minimum absolute atomic E-state index is 0.109. The molecule has 1 saturated carbocycles. The van der Waals surface area contributed by atoms with Crippen LogP contribution in [0.3, 0.4) is 0 Å². The average molecular weight is 228 g/mol. The second kappa shape index (κ2) is 4.89. The van der Waals surface area contributed by atoms with Gasteiger partial charge in [0.15, 0.2) is 0 Å². The fraction of sp³-hybridized carbons (Fsp3) is 0.833. The lowest BCUT2D eigenvalue weighted by Crippen LogP contribution is -2.45. The lowest BCUT2D eigenvalue weighted by Gasteiger charge is -2.40. The van der Waals surface area contributed by atoms with Crippen molar-refractivity contribution in [2.24, 2.45) is 5.41 Å². The lowest BCUT2D eigenvalue weighted by atomic mass is 9.87. The first-order chi connectivity index (χ1) is 7.24. The molecule has 2 rings (SSSR count). The molecule has 0 unspecified atom stereocenters. The van der Waals surface area contributed by atoms with Gasteiger partial charge in [0.05, 0.1) is 31.3 Å². The first kappa shape index (κ1) is 11.5. The molecule has 0 spiro atoms. The fourth-order valence-corrected chi connectivity index (χ4v) is 2.42. The van der Waals surface area contributed by atoms with Crippen LogP contribution in [0.1, 0.15) is 25.7 Å². The van der Waals surface area contributed by atoms with E-state index < -0.39 is 0 Å². The molecular weight excluding hydrogens is 208 g/mol. The maximum atomic E-state index is 5.94. The number of hydrogen-bond donors (Lipinski definition) is 1. The van der Waals surface area contributed by atoms with Crippen LogP contribution in [0.4, 0.5) is 0 Å². The highest BCUT2D eigenvalue weighted by Gasteiger charge is 2.36. The molecular formula is C12H20O2S. The number of ether oxygens (including phenoxy) is 2. The van der Waals surface area contributed by atoms with Crippen molar-refractivity contribution in [3.63, 3.8) is 0 Å². The molecule has 86 valence electrons. The van der Waals surface area contributed by atoms with Gasteiger partial charge in [0.2, 0.25) is 0 Å². The normalized spacial score (nSPS) is 34.5. The summed E-state index contributed by atoms with van der Waals surface area (Å²) < 4.78 is 11.2. The maximum absolute atomic E-state index is 5.94. The van der Waals surface area contributed by atoms with E-state index in [2.05, 4.69) is 19.2 Å². The second-order valence-electron chi connectivity index (χ2n) is 4.80. The summed E-state index contributed by atoms with van der Waals surface area (Å²) in [6, 6.07) is 0. The summed E-state index contributed by atoms with van der Waals surface area (Å²) in [5.41, 5.74) is 0.109. The van der Waals surface area contributed by atoms with Crippen LogP contribution >= 0.6 is 12.6 Å². The molecule has 1 aliphatic heterocycles. The van der Waals surface area contributed by atoms with Gasteiger partial charge in [-0.25, -0.2) is 0 Å². The zero-order valence-electron chi connectivity index (χ0n) is 9.15. The van der Waals surface area contributed by atoms with Crippen LogP contribution in [0.15, 0.2) is 12.7 Å². The Labute approximate surface area is 97.4 Å². The zero-order chi connectivity index (χ0) is 10.7. The summed E-state index contributed by atoms with van der Waals surface area (Å²) in [5.74, 6) is 0. The Hall–Kier alpha value is 0.01000. The van der Waals surface area contributed by atoms with Gasteiger partial charge in [0.25, 0.3) is 0 Å². The van der Waals surface area contributed by atoms with Gasteiger partial charge in [0.1, 0.15) is 0 Å². The van der Waals surface area contributed by atoms with Crippen molar-refractivity contribution >= 4 is 12.6 Å². The van der Waals surface area contributed by atoms with E-state index in [1.165, 1.54) is 12.8 Å². The van der Waals surface area contributed by atoms with Crippen molar-refractivity contribution in [3.8, 4) is 0 Å². The van der Waals surface area contributed by atoms with E-state index in [0.717, 1.165) is 32.7 Å². The van der Waals surface area contributed by atoms with Crippen LogP contribution in [-0.4, -0.2) is 31.2 Å². The monoisotopic (exact) mass is 228 g/mol. The highest BCUT2D eigenvalue weighted by molar-refractivity contribution is 7.80. The summed E-state index contributed by atoms with van der Waals surface area (Å²) in [5, 5.41) is 0.588. The molecule has 0 atom stereocenters. The molecule has 2 nitrogen and oxygen atoms in total. The molecule has 0 aromatic heterocycles. The van der Waals surface area contributed by atoms with Gasteiger partial charge >= 0.3 is 0 Å². The van der Waals surface area contributed by atoms with Crippen LogP contribution in [0, 0.1) is 5.41 Å². The molecule has 0 aromatic carbocycles. The van der Waals surface area contributed by atoms with Gasteiger partial charge in [-0.05, 0) is 25.7 Å². The van der Waals surface area contributed by atoms with E-state index in [1.54, 1.807) is 0 Å². The molecule has 1 saturated heterocycles. The quantitative estimate of drug-likeness (QED) is 0.588. The van der Waals surface area contributed by atoms with Gasteiger partial charge in [-0.3, -0.25) is 0 Å². The third-order valence-corrected chi connectivity index (χ3v) is 3.98. The first-order valence-corrected chi connectivity index (χ1v) is 6.27. The van der Waals surface area contributed by atoms with Crippen molar-refractivity contribution in [2.45, 2.75) is 37.0 Å². The SMILES string of the molecule is C=CC1(COC2CCC(S)CC2)COC1. The van der Waals surface area contributed by atoms with Gasteiger partial charge in [-0.2, -0.15) is 12.6 Å². The molecule has 0 N–H and O–H groups in total. The van der Waals surface area contributed by atoms with Crippen LogP contribution in [0.2, 0.25) is 0 Å². The maximum Gasteiger partial charge on any atom is 0.0605 e. The molecule has 0 bridgehead atoms. The van der Waals surface area contributed by atoms with E-state index in [1.807, 2.05) is 6.08 Å². The van der Waals surface area contributed by atoms with Crippen molar-refractivity contribution in [2.75, 3.05) is 19.8 Å². The molecule has 1 heterocycles. The van der Waals surface area contributed by atoms with Gasteiger partial charge < -0.3 is 9.47 Å². The Bertz CT molecular complexity index is 218. The Morgan fingerprint density at radius 2 is 2.00 bits per heavy atom. The van der Waals surface area contributed by atoms with E-state index in [0.29, 0.717) is 11.4 Å². The molecule has 0 amide bonds. The summed E-state index contributed by atoms with van der Waals surface area (Å²) in [7, 11) is 0. The first-order valence-electron chi connectivity index (χ1n) is 5.75. The van der Waals surface area contributed by atoms with Crippen molar-refractivity contribution < 1.29 is 9.47 Å². The van der Waals surface area contributed by atoms with Crippen molar-refractivity contribution in [1.82, 2.24) is 0 Å². The van der Waals surface area contributed by atoms with E-state index >= 15 is 0 Å². The third-order valence-electron chi connectivity index (χ3n) is 3.46. The van der Waals surface area contributed by atoms with Crippen molar-refractivity contribution in [1.29, 1.82) is 0 Å². The standard InChI is InChI=1S/C12H20O2S/c1-2-12(7-13-8-12)9-14-10-3-5-11(15)6-4-10/h2,10-11,15H,1,3-9H2. The van der Waals surface area contributed by atoms with E-state index in [4.69, 9.17) is 9.47 Å². The Morgan fingerprint density at radius 1 is 1.33 bits per heavy atom. The second-order valence-corrected chi connectivity index (χ2v) is 5.53. The van der Waals surface area contributed by atoms with E-state index in [-0.39, 0.29) is 5.41 Å². The molecule has 1 aliphatic carbocycles. The summed E-state index contributed by atoms with van der Waals surface area (Å²) in [4.78, 5) is 0. The predicted octanol–water partition coefficient (Wildman–Crippen LogP) is 2.45. The Kier molecular flexibility index (Phi) is 3.75. The lowest BCUT2D eigenvalue weighted by molar-refractivity contribution is -0.135. The molecule has 2 aliphatic rings. The molecule has 0 aromatic rings. The topological polar surface area (TPSA) is 18.5 Å². The molecule has 15 heavy (non-hydrogen) atoms. The van der Waals surface area contributed by atoms with Gasteiger partial charge in [-0.15, -0.1) is 6.58 Å². The van der Waals surface area contributed by atoms with Crippen molar-refractivity contribution in [3.05, 3.63) is 12.7 Å². The minimum Gasteiger partial charge on any atom is -0.379 e. The number of hydrogen-bond acceptors (Lipinski definition) is 3.